The van der Waals surface area contributed by atoms with Gasteiger partial charge < -0.3 is 10.1 Å². The Hall–Kier alpha value is -5.57. The molecule has 6 aromatic rings. The molecule has 0 aliphatic carbocycles. The number of carbonyl (C=O) groups excluding carboxylic acids is 1. The summed E-state index contributed by atoms with van der Waals surface area (Å²) in [6.45, 7) is -1.23. The highest BCUT2D eigenvalue weighted by Gasteiger charge is 2.41. The van der Waals surface area contributed by atoms with Crippen molar-refractivity contribution >= 4 is 22.8 Å². The number of benzene rings is 4. The maximum atomic E-state index is 13.7. The molecule has 0 aliphatic heterocycles. The minimum absolute atomic E-state index is 0.211. The zero-order chi connectivity index (χ0) is 30.5. The summed E-state index contributed by atoms with van der Waals surface area (Å²) in [6.07, 6.45) is 1.39. The van der Waals surface area contributed by atoms with Crippen LogP contribution in [-0.4, -0.2) is 27.4 Å². The van der Waals surface area contributed by atoms with Crippen LogP contribution in [-0.2, 0) is 5.54 Å². The maximum Gasteiger partial charge on any atom is 0.388 e. The number of aromatic nitrogens is 3. The lowest BCUT2D eigenvalue weighted by molar-refractivity contribution is -0.0524. The van der Waals surface area contributed by atoms with Crippen molar-refractivity contribution in [3.05, 3.63) is 156 Å². The molecule has 220 valence electrons. The summed E-state index contributed by atoms with van der Waals surface area (Å²) in [5.41, 5.74) is 2.77. The lowest BCUT2D eigenvalue weighted by Crippen LogP contribution is -2.38. The third-order valence-corrected chi connectivity index (χ3v) is 7.51. The van der Waals surface area contributed by atoms with Crippen molar-refractivity contribution in [2.45, 2.75) is 25.1 Å². The van der Waals surface area contributed by atoms with E-state index in [0.29, 0.717) is 5.52 Å². The monoisotopic (exact) mass is 589 g/mol. The highest BCUT2D eigenvalue weighted by atomic mass is 19.3. The number of hydrogen-bond acceptors (Lipinski definition) is 4. The smallest absolute Gasteiger partial charge is 0.388 e. The average Bonchev–Trinajstić information content (AvgIpc) is 3.40. The topological polar surface area (TPSA) is 81.1 Å². The molecule has 9 heteroatoms. The van der Waals surface area contributed by atoms with Crippen LogP contribution in [0.5, 0.6) is 5.88 Å². The van der Waals surface area contributed by atoms with Gasteiger partial charge in [0.25, 0.3) is 0 Å². The van der Waals surface area contributed by atoms with Gasteiger partial charge in [0.1, 0.15) is 11.4 Å². The second kappa shape index (κ2) is 12.3. The summed E-state index contributed by atoms with van der Waals surface area (Å²) in [4.78, 5) is 17.4. The SMILES string of the molecule is C[C@@H](NC(=O)Nc1cc2c(cn1)c(OC(F)F)nn2C(c1ccccc1)(c1ccccc1)c1ccccc1)c1ccccc1. The van der Waals surface area contributed by atoms with E-state index in [0.717, 1.165) is 22.3 Å². The highest BCUT2D eigenvalue weighted by molar-refractivity contribution is 5.92. The van der Waals surface area contributed by atoms with Crippen molar-refractivity contribution in [1.29, 1.82) is 0 Å². The fraction of sp³-hybridized carbons (Fsp3) is 0.114. The fourth-order valence-electron chi connectivity index (χ4n) is 5.56. The van der Waals surface area contributed by atoms with E-state index in [1.165, 1.54) is 6.20 Å². The first-order valence-corrected chi connectivity index (χ1v) is 14.1. The van der Waals surface area contributed by atoms with Gasteiger partial charge in [-0.1, -0.05) is 121 Å². The lowest BCUT2D eigenvalue weighted by atomic mass is 9.77. The van der Waals surface area contributed by atoms with Crippen LogP contribution in [0.2, 0.25) is 0 Å². The third kappa shape index (κ3) is 5.47. The largest absolute Gasteiger partial charge is 0.415 e. The van der Waals surface area contributed by atoms with Crippen molar-refractivity contribution in [1.82, 2.24) is 20.1 Å². The molecule has 7 nitrogen and oxygen atoms in total. The van der Waals surface area contributed by atoms with E-state index in [4.69, 9.17) is 4.74 Å². The zero-order valence-corrected chi connectivity index (χ0v) is 23.8. The summed E-state index contributed by atoms with van der Waals surface area (Å²) in [5, 5.41) is 10.7. The Morgan fingerprint density at radius 1 is 0.795 bits per heavy atom. The molecule has 0 saturated carbocycles. The number of fused-ring (bicyclic) bond motifs is 1. The molecule has 0 aliphatic rings. The number of hydrogen-bond donors (Lipinski definition) is 2. The molecule has 0 spiro atoms. The fourth-order valence-corrected chi connectivity index (χ4v) is 5.56. The van der Waals surface area contributed by atoms with Gasteiger partial charge in [0.05, 0.1) is 16.9 Å². The molecule has 1 atom stereocenters. The molecule has 44 heavy (non-hydrogen) atoms. The Bertz CT molecular complexity index is 1750. The summed E-state index contributed by atoms with van der Waals surface area (Å²) in [6, 6.07) is 39.6. The van der Waals surface area contributed by atoms with Crippen LogP contribution in [0.4, 0.5) is 19.4 Å². The van der Waals surface area contributed by atoms with E-state index in [1.807, 2.05) is 128 Å². The molecule has 0 saturated heterocycles. The number of anilines is 1. The number of halogens is 2. The third-order valence-electron chi connectivity index (χ3n) is 7.51. The number of alkyl halides is 2. The molecule has 6 rings (SSSR count). The average molecular weight is 590 g/mol. The minimum Gasteiger partial charge on any atom is -0.415 e. The van der Waals surface area contributed by atoms with E-state index in [9.17, 15) is 13.6 Å². The molecule has 2 heterocycles. The van der Waals surface area contributed by atoms with E-state index in [2.05, 4.69) is 20.7 Å². The standard InChI is InChI=1S/C35H29F2N5O2/c1-24(25-14-6-2-7-15-25)39-34(43)40-31-22-30-29(23-38-31)32(44-33(36)37)41-42(30)35(26-16-8-3-9-17-26,27-18-10-4-11-19-27)28-20-12-5-13-21-28/h2-24,33H,1H3,(H2,38,39,40,43)/t24-/m1/s1. The molecule has 2 amide bonds. The van der Waals surface area contributed by atoms with Crippen molar-refractivity contribution in [2.24, 2.45) is 0 Å². The van der Waals surface area contributed by atoms with Crippen LogP contribution in [0.3, 0.4) is 0 Å². The van der Waals surface area contributed by atoms with E-state index >= 15 is 0 Å². The van der Waals surface area contributed by atoms with Crippen LogP contribution in [0.1, 0.15) is 35.2 Å². The van der Waals surface area contributed by atoms with E-state index < -0.39 is 18.2 Å². The van der Waals surface area contributed by atoms with Gasteiger partial charge >= 0.3 is 12.6 Å². The van der Waals surface area contributed by atoms with Crippen LogP contribution in [0.25, 0.3) is 10.9 Å². The summed E-state index contributed by atoms with van der Waals surface area (Å²) in [7, 11) is 0. The van der Waals surface area contributed by atoms with Gasteiger partial charge in [-0.2, -0.15) is 8.78 Å². The minimum atomic E-state index is -3.11. The van der Waals surface area contributed by atoms with Gasteiger partial charge in [-0.15, -0.1) is 5.10 Å². The molecular formula is C35H29F2N5O2. The second-order valence-corrected chi connectivity index (χ2v) is 10.2. The molecule has 0 bridgehead atoms. The van der Waals surface area contributed by atoms with Crippen LogP contribution in [0, 0.1) is 0 Å². The zero-order valence-electron chi connectivity index (χ0n) is 23.8. The van der Waals surface area contributed by atoms with Crippen molar-refractivity contribution in [3.63, 3.8) is 0 Å². The predicted molar refractivity (Wildman–Crippen MR) is 166 cm³/mol. The first-order chi connectivity index (χ1) is 21.5. The number of pyridine rings is 1. The maximum absolute atomic E-state index is 13.7. The first-order valence-electron chi connectivity index (χ1n) is 14.1. The molecule has 4 aromatic carbocycles. The number of nitrogens with one attached hydrogen (secondary N) is 2. The summed E-state index contributed by atoms with van der Waals surface area (Å²) in [5.74, 6) is -0.0635. The number of urea groups is 1. The molecular weight excluding hydrogens is 560 g/mol. The molecule has 2 N–H and O–H groups in total. The Balaban J connectivity index is 1.54. The molecule has 0 unspecified atom stereocenters. The number of nitrogens with zero attached hydrogens (tertiary/aromatic N) is 3. The quantitative estimate of drug-likeness (QED) is 0.169. The van der Waals surface area contributed by atoms with E-state index in [1.54, 1.807) is 10.7 Å². The Labute approximate surface area is 253 Å². The van der Waals surface area contributed by atoms with Crippen molar-refractivity contribution in [2.75, 3.05) is 5.32 Å². The van der Waals surface area contributed by atoms with Crippen molar-refractivity contribution < 1.29 is 18.3 Å². The Kier molecular flexibility index (Phi) is 8.01. The van der Waals surface area contributed by atoms with Gasteiger partial charge in [0.2, 0.25) is 5.88 Å². The normalized spacial score (nSPS) is 12.2. The van der Waals surface area contributed by atoms with Crippen LogP contribution in [0.15, 0.2) is 134 Å². The van der Waals surface area contributed by atoms with Crippen molar-refractivity contribution in [3.8, 4) is 5.88 Å². The van der Waals surface area contributed by atoms with E-state index in [-0.39, 0.29) is 23.1 Å². The first kappa shape index (κ1) is 28.5. The number of carbonyl (C=O) groups is 1. The summed E-state index contributed by atoms with van der Waals surface area (Å²) < 4.78 is 34.0. The van der Waals surface area contributed by atoms with Gasteiger partial charge in [0.15, 0.2) is 0 Å². The van der Waals surface area contributed by atoms with Crippen LogP contribution >= 0.6 is 0 Å². The molecule has 0 radical (unpaired) electrons. The highest BCUT2D eigenvalue weighted by Crippen LogP contribution is 2.44. The Morgan fingerprint density at radius 3 is 1.80 bits per heavy atom. The molecule has 2 aromatic heterocycles. The van der Waals surface area contributed by atoms with Gasteiger partial charge in [-0.3, -0.25) is 5.32 Å². The summed E-state index contributed by atoms with van der Waals surface area (Å²) >= 11 is 0. The van der Waals surface area contributed by atoms with Crippen LogP contribution < -0.4 is 15.4 Å². The number of ether oxygens (including phenoxy) is 1. The van der Waals surface area contributed by atoms with Gasteiger partial charge in [0, 0.05) is 12.3 Å². The number of rotatable bonds is 9. The van der Waals surface area contributed by atoms with Gasteiger partial charge in [-0.25, -0.2) is 14.5 Å². The second-order valence-electron chi connectivity index (χ2n) is 10.2. The molecule has 0 fully saturated rings. The lowest BCUT2D eigenvalue weighted by Gasteiger charge is -2.36. The number of amides is 2. The van der Waals surface area contributed by atoms with Gasteiger partial charge in [-0.05, 0) is 29.2 Å². The predicted octanol–water partition coefficient (Wildman–Crippen LogP) is 7.76. The Morgan fingerprint density at radius 2 is 1.30 bits per heavy atom.